The first-order valence-corrected chi connectivity index (χ1v) is 11.6. The van der Waals surface area contributed by atoms with Gasteiger partial charge in [0.1, 0.15) is 19.4 Å². The Balaban J connectivity index is 1.56. The summed E-state index contributed by atoms with van der Waals surface area (Å²) in [5.41, 5.74) is 3.24. The molecule has 1 aromatic heterocycles. The number of benzene rings is 2. The fraction of sp³-hybridized carbons (Fsp3) is 0.333. The Kier molecular flexibility index (Phi) is 7.62. The van der Waals surface area contributed by atoms with E-state index < -0.39 is 0 Å². The van der Waals surface area contributed by atoms with E-state index in [1.54, 1.807) is 6.20 Å². The maximum atomic E-state index is 6.11. The van der Waals surface area contributed by atoms with Crippen LogP contribution in [-0.2, 0) is 0 Å². The van der Waals surface area contributed by atoms with Gasteiger partial charge in [-0.25, -0.2) is 4.98 Å². The maximum absolute atomic E-state index is 6.11. The summed E-state index contributed by atoms with van der Waals surface area (Å²) in [6.07, 6.45) is 2.51. The molecule has 0 aliphatic carbocycles. The molecular formula is C24H29BN6OS. The fourth-order valence-electron chi connectivity index (χ4n) is 3.59. The van der Waals surface area contributed by atoms with Gasteiger partial charge in [-0.1, -0.05) is 19.1 Å². The highest BCUT2D eigenvalue weighted by Gasteiger charge is 2.17. The lowest BCUT2D eigenvalue weighted by Gasteiger charge is -2.34. The smallest absolute Gasteiger partial charge is 0.229 e. The first kappa shape index (κ1) is 23.3. The van der Waals surface area contributed by atoms with Gasteiger partial charge in [0.15, 0.2) is 0 Å². The lowest BCUT2D eigenvalue weighted by atomic mass is 9.99. The third-order valence-electron chi connectivity index (χ3n) is 5.52. The highest BCUT2D eigenvalue weighted by molar-refractivity contribution is 7.80. The number of hydrogen-bond donors (Lipinski definition) is 3. The summed E-state index contributed by atoms with van der Waals surface area (Å²) in [4.78, 5) is 14.5. The van der Waals surface area contributed by atoms with Crippen LogP contribution in [0.25, 0.3) is 0 Å². The summed E-state index contributed by atoms with van der Waals surface area (Å²) in [6.45, 7) is 6.83. The summed E-state index contributed by atoms with van der Waals surface area (Å²) in [5.74, 6) is 1.72. The molecule has 1 fully saturated rings. The molecule has 0 spiro atoms. The number of nitrogens with zero attached hydrogens (tertiary/aromatic N) is 4. The van der Waals surface area contributed by atoms with Gasteiger partial charge in [0, 0.05) is 49.0 Å². The van der Waals surface area contributed by atoms with E-state index in [0.717, 1.165) is 60.3 Å². The van der Waals surface area contributed by atoms with Gasteiger partial charge < -0.3 is 25.2 Å². The number of nitrogens with one attached hydrogen (secondary N) is 2. The molecule has 2 heterocycles. The average Bonchev–Trinajstić information content (AvgIpc) is 2.82. The number of hydrogen-bond acceptors (Lipinski definition) is 8. The van der Waals surface area contributed by atoms with Crippen molar-refractivity contribution < 1.29 is 4.74 Å². The van der Waals surface area contributed by atoms with Crippen LogP contribution in [-0.4, -0.2) is 62.5 Å². The van der Waals surface area contributed by atoms with E-state index in [0.29, 0.717) is 23.8 Å². The molecule has 0 atom stereocenters. The number of likely N-dealkylation sites (N-methyl/N-ethyl adjacent to an activating group) is 1. The van der Waals surface area contributed by atoms with Crippen LogP contribution in [0.1, 0.15) is 13.3 Å². The minimum absolute atomic E-state index is 0.428. The van der Waals surface area contributed by atoms with Crippen molar-refractivity contribution in [3.05, 3.63) is 48.7 Å². The van der Waals surface area contributed by atoms with Crippen LogP contribution in [0.2, 0.25) is 0 Å². The molecule has 2 aromatic carbocycles. The Morgan fingerprint density at radius 2 is 1.85 bits per heavy atom. The number of rotatable bonds is 8. The second-order valence-corrected chi connectivity index (χ2v) is 8.57. The third-order valence-corrected chi connectivity index (χ3v) is 5.91. The van der Waals surface area contributed by atoms with E-state index in [4.69, 9.17) is 12.6 Å². The molecular weight excluding hydrogens is 431 g/mol. The molecule has 2 radical (unpaired) electrons. The van der Waals surface area contributed by atoms with E-state index in [1.807, 2.05) is 30.3 Å². The van der Waals surface area contributed by atoms with Gasteiger partial charge in [0.25, 0.3) is 0 Å². The minimum Gasteiger partial charge on any atom is -0.491 e. The van der Waals surface area contributed by atoms with E-state index in [2.05, 4.69) is 69.1 Å². The lowest BCUT2D eigenvalue weighted by molar-refractivity contribution is 0.311. The number of ether oxygens (including phenoxy) is 1. The summed E-state index contributed by atoms with van der Waals surface area (Å²) >= 11 is 4.49. The maximum Gasteiger partial charge on any atom is 0.229 e. The molecule has 0 bridgehead atoms. The van der Waals surface area contributed by atoms with Gasteiger partial charge in [-0.15, -0.1) is 12.6 Å². The highest BCUT2D eigenvalue weighted by atomic mass is 32.1. The number of thiol groups is 1. The van der Waals surface area contributed by atoms with Crippen molar-refractivity contribution in [2.24, 2.45) is 0 Å². The minimum atomic E-state index is 0.428. The van der Waals surface area contributed by atoms with Crippen LogP contribution < -0.4 is 25.7 Å². The van der Waals surface area contributed by atoms with E-state index in [-0.39, 0.29) is 0 Å². The van der Waals surface area contributed by atoms with Crippen LogP contribution in [0.5, 0.6) is 5.75 Å². The van der Waals surface area contributed by atoms with Crippen molar-refractivity contribution in [3.63, 3.8) is 0 Å². The highest BCUT2D eigenvalue weighted by Crippen LogP contribution is 2.32. The van der Waals surface area contributed by atoms with Gasteiger partial charge in [-0.05, 0) is 43.2 Å². The standard InChI is InChI=1S/C24H29BN6OS/c1-3-14-32-21-15-17(31-12-10-30(2)11-13-31)8-9-19(21)28-24-26-16-18(25)23(29-24)27-20-6-4-5-7-22(20)33/h4-9,15-16,33H,3,10-14H2,1-2H3,(H2,26,27,28,29). The van der Waals surface area contributed by atoms with E-state index in [1.165, 1.54) is 0 Å². The summed E-state index contributed by atoms with van der Waals surface area (Å²) in [7, 11) is 8.27. The molecule has 4 rings (SSSR count). The van der Waals surface area contributed by atoms with Crippen molar-refractivity contribution in [2.75, 3.05) is 55.4 Å². The molecule has 3 aromatic rings. The van der Waals surface area contributed by atoms with Crippen LogP contribution in [0.15, 0.2) is 53.6 Å². The van der Waals surface area contributed by atoms with Crippen LogP contribution in [0.4, 0.5) is 28.8 Å². The predicted octanol–water partition coefficient (Wildman–Crippen LogP) is 3.59. The van der Waals surface area contributed by atoms with Crippen LogP contribution in [0, 0.1) is 0 Å². The molecule has 0 unspecified atom stereocenters. The second-order valence-electron chi connectivity index (χ2n) is 8.08. The molecule has 1 saturated heterocycles. The van der Waals surface area contributed by atoms with Gasteiger partial charge in [0.2, 0.25) is 5.95 Å². The number of aromatic nitrogens is 2. The number of piperazine rings is 1. The Hall–Kier alpha value is -2.91. The van der Waals surface area contributed by atoms with Crippen molar-refractivity contribution in [1.82, 2.24) is 14.9 Å². The fourth-order valence-corrected chi connectivity index (χ4v) is 3.80. The molecule has 2 N–H and O–H groups in total. The molecule has 9 heteroatoms. The lowest BCUT2D eigenvalue weighted by Crippen LogP contribution is -2.44. The average molecular weight is 460 g/mol. The number of para-hydroxylation sites is 1. The molecule has 0 saturated carbocycles. The Morgan fingerprint density at radius 1 is 1.06 bits per heavy atom. The quantitative estimate of drug-likeness (QED) is 0.351. The van der Waals surface area contributed by atoms with E-state index in [9.17, 15) is 0 Å². The van der Waals surface area contributed by atoms with Crippen molar-refractivity contribution >= 4 is 54.8 Å². The molecule has 7 nitrogen and oxygen atoms in total. The summed E-state index contributed by atoms with van der Waals surface area (Å²) < 4.78 is 6.07. The van der Waals surface area contributed by atoms with Gasteiger partial charge in [-0.3, -0.25) is 0 Å². The molecule has 170 valence electrons. The topological polar surface area (TPSA) is 65.6 Å². The van der Waals surface area contributed by atoms with Crippen molar-refractivity contribution in [2.45, 2.75) is 18.2 Å². The zero-order chi connectivity index (χ0) is 23.2. The second kappa shape index (κ2) is 10.8. The first-order valence-electron chi connectivity index (χ1n) is 11.2. The van der Waals surface area contributed by atoms with Crippen molar-refractivity contribution in [1.29, 1.82) is 0 Å². The first-order chi connectivity index (χ1) is 16.0. The van der Waals surface area contributed by atoms with E-state index >= 15 is 0 Å². The monoisotopic (exact) mass is 460 g/mol. The van der Waals surface area contributed by atoms with Gasteiger partial charge in [0.05, 0.1) is 18.0 Å². The van der Waals surface area contributed by atoms with Crippen molar-refractivity contribution in [3.8, 4) is 5.75 Å². The SMILES string of the molecule is [B]c1cnc(Nc2ccc(N3CCN(C)CC3)cc2OCCC)nc1Nc1ccccc1S. The van der Waals surface area contributed by atoms with Crippen LogP contribution in [0.3, 0.4) is 0 Å². The van der Waals surface area contributed by atoms with Crippen LogP contribution >= 0.6 is 12.6 Å². The third kappa shape index (κ3) is 5.91. The number of anilines is 5. The molecule has 1 aliphatic rings. The zero-order valence-electron chi connectivity index (χ0n) is 19.1. The Bertz CT molecular complexity index is 1090. The summed E-state index contributed by atoms with van der Waals surface area (Å²) in [6, 6.07) is 13.9. The zero-order valence-corrected chi connectivity index (χ0v) is 20.0. The molecule has 33 heavy (non-hydrogen) atoms. The predicted molar refractivity (Wildman–Crippen MR) is 140 cm³/mol. The normalized spacial score (nSPS) is 14.2. The largest absolute Gasteiger partial charge is 0.491 e. The Morgan fingerprint density at radius 3 is 2.61 bits per heavy atom. The Labute approximate surface area is 202 Å². The molecule has 0 amide bonds. The van der Waals surface area contributed by atoms with Gasteiger partial charge in [-0.2, -0.15) is 4.98 Å². The van der Waals surface area contributed by atoms with Gasteiger partial charge >= 0.3 is 0 Å². The molecule has 1 aliphatic heterocycles. The summed E-state index contributed by atoms with van der Waals surface area (Å²) in [5, 5.41) is 6.53.